The largest absolute Gasteiger partial charge is 0.325 e. The standard InChI is InChI=1S/C24H24N2O3S/c1-16(2)19-9-11-20(12-10-19)25-22(27)15-26-23(28)21(30-24(26)29)14-17(3)13-18-7-5-4-6-8-18/h4-14,16H,15H2,1-3H3,(H,25,27)/b17-13+,21-14+. The molecule has 0 atom stereocenters. The van der Waals surface area contributed by atoms with Gasteiger partial charge in [-0.3, -0.25) is 19.3 Å². The van der Waals surface area contributed by atoms with E-state index in [1.54, 1.807) is 6.08 Å². The van der Waals surface area contributed by atoms with Crippen LogP contribution >= 0.6 is 11.8 Å². The predicted molar refractivity (Wildman–Crippen MR) is 122 cm³/mol. The molecule has 2 aromatic rings. The highest BCUT2D eigenvalue weighted by molar-refractivity contribution is 8.18. The summed E-state index contributed by atoms with van der Waals surface area (Å²) in [5.74, 6) is -0.459. The maximum Gasteiger partial charge on any atom is 0.294 e. The van der Waals surface area contributed by atoms with Crippen LogP contribution < -0.4 is 5.32 Å². The van der Waals surface area contributed by atoms with Gasteiger partial charge in [0.05, 0.1) is 4.91 Å². The lowest BCUT2D eigenvalue weighted by Gasteiger charge is -2.13. The van der Waals surface area contributed by atoms with Gasteiger partial charge in [0.15, 0.2) is 0 Å². The van der Waals surface area contributed by atoms with Gasteiger partial charge in [0.1, 0.15) is 6.54 Å². The van der Waals surface area contributed by atoms with Crippen molar-refractivity contribution >= 4 is 40.6 Å². The highest BCUT2D eigenvalue weighted by Crippen LogP contribution is 2.31. The molecule has 1 aliphatic rings. The molecule has 2 aromatic carbocycles. The molecule has 0 radical (unpaired) electrons. The van der Waals surface area contributed by atoms with Crippen molar-refractivity contribution in [2.75, 3.05) is 11.9 Å². The summed E-state index contributed by atoms with van der Waals surface area (Å²) < 4.78 is 0. The third kappa shape index (κ3) is 5.48. The molecule has 0 spiro atoms. The van der Waals surface area contributed by atoms with E-state index < -0.39 is 17.1 Å². The highest BCUT2D eigenvalue weighted by atomic mass is 32.2. The van der Waals surface area contributed by atoms with Crippen molar-refractivity contribution < 1.29 is 14.4 Å². The van der Waals surface area contributed by atoms with E-state index in [0.29, 0.717) is 16.5 Å². The van der Waals surface area contributed by atoms with E-state index in [1.165, 1.54) is 5.56 Å². The molecule has 3 rings (SSSR count). The number of benzene rings is 2. The van der Waals surface area contributed by atoms with E-state index >= 15 is 0 Å². The van der Waals surface area contributed by atoms with Crippen molar-refractivity contribution in [1.82, 2.24) is 4.90 Å². The van der Waals surface area contributed by atoms with E-state index in [1.807, 2.05) is 67.6 Å². The molecule has 1 heterocycles. The van der Waals surface area contributed by atoms with E-state index in [2.05, 4.69) is 19.2 Å². The first-order chi connectivity index (χ1) is 14.3. The minimum Gasteiger partial charge on any atom is -0.325 e. The number of carbonyl (C=O) groups is 3. The fraction of sp³-hybridized carbons (Fsp3) is 0.208. The Morgan fingerprint density at radius 1 is 1.07 bits per heavy atom. The maximum absolute atomic E-state index is 12.6. The van der Waals surface area contributed by atoms with Crippen LogP contribution in [0.4, 0.5) is 10.5 Å². The van der Waals surface area contributed by atoms with Crippen LogP contribution in [0.5, 0.6) is 0 Å². The summed E-state index contributed by atoms with van der Waals surface area (Å²) in [5, 5.41) is 2.30. The Morgan fingerprint density at radius 2 is 1.73 bits per heavy atom. The Balaban J connectivity index is 1.64. The van der Waals surface area contributed by atoms with E-state index in [9.17, 15) is 14.4 Å². The Morgan fingerprint density at radius 3 is 2.37 bits per heavy atom. The number of thioether (sulfide) groups is 1. The third-order valence-electron chi connectivity index (χ3n) is 4.59. The van der Waals surface area contributed by atoms with E-state index in [-0.39, 0.29) is 6.54 Å². The molecular weight excluding hydrogens is 396 g/mol. The zero-order chi connectivity index (χ0) is 21.7. The summed E-state index contributed by atoms with van der Waals surface area (Å²) in [6, 6.07) is 17.3. The Hall–Kier alpha value is -3.12. The second-order valence-corrected chi connectivity index (χ2v) is 8.38. The molecule has 1 N–H and O–H groups in total. The number of imide groups is 1. The molecule has 3 amide bonds. The lowest BCUT2D eigenvalue weighted by Crippen LogP contribution is -2.36. The number of rotatable bonds is 6. The number of nitrogens with one attached hydrogen (secondary N) is 1. The second-order valence-electron chi connectivity index (χ2n) is 7.39. The van der Waals surface area contributed by atoms with Gasteiger partial charge in [-0.2, -0.15) is 0 Å². The van der Waals surface area contributed by atoms with Crippen LogP contribution in [-0.4, -0.2) is 28.5 Å². The average Bonchev–Trinajstić information content (AvgIpc) is 2.96. The quantitative estimate of drug-likeness (QED) is 0.633. The zero-order valence-electron chi connectivity index (χ0n) is 17.2. The second kappa shape index (κ2) is 9.59. The van der Waals surface area contributed by atoms with Crippen LogP contribution in [-0.2, 0) is 9.59 Å². The van der Waals surface area contributed by atoms with Crippen molar-refractivity contribution in [1.29, 1.82) is 0 Å². The average molecular weight is 421 g/mol. The number of anilines is 1. The van der Waals surface area contributed by atoms with Crippen molar-refractivity contribution in [2.45, 2.75) is 26.7 Å². The highest BCUT2D eigenvalue weighted by Gasteiger charge is 2.36. The fourth-order valence-electron chi connectivity index (χ4n) is 2.99. The molecular formula is C24H24N2O3S. The summed E-state index contributed by atoms with van der Waals surface area (Å²) in [5.41, 5.74) is 3.66. The zero-order valence-corrected chi connectivity index (χ0v) is 18.0. The van der Waals surface area contributed by atoms with Gasteiger partial charge in [-0.25, -0.2) is 0 Å². The van der Waals surface area contributed by atoms with Crippen LogP contribution in [0.25, 0.3) is 6.08 Å². The summed E-state index contributed by atoms with van der Waals surface area (Å²) >= 11 is 0.852. The van der Waals surface area contributed by atoms with Crippen LogP contribution in [0.1, 0.15) is 37.8 Å². The van der Waals surface area contributed by atoms with Gasteiger partial charge in [0, 0.05) is 5.69 Å². The topological polar surface area (TPSA) is 66.5 Å². The lowest BCUT2D eigenvalue weighted by atomic mass is 10.0. The monoisotopic (exact) mass is 420 g/mol. The third-order valence-corrected chi connectivity index (χ3v) is 5.50. The van der Waals surface area contributed by atoms with E-state index in [4.69, 9.17) is 0 Å². The molecule has 1 saturated heterocycles. The predicted octanol–water partition coefficient (Wildman–Crippen LogP) is 5.43. The first-order valence-corrected chi connectivity index (χ1v) is 10.5. The van der Waals surface area contributed by atoms with Crippen LogP contribution in [0.15, 0.2) is 71.2 Å². The molecule has 0 bridgehead atoms. The van der Waals surface area contributed by atoms with Gasteiger partial charge in [0.2, 0.25) is 5.91 Å². The molecule has 0 aliphatic carbocycles. The van der Waals surface area contributed by atoms with Crippen molar-refractivity contribution in [2.24, 2.45) is 0 Å². The fourth-order valence-corrected chi connectivity index (χ4v) is 3.88. The summed E-state index contributed by atoms with van der Waals surface area (Å²) in [4.78, 5) is 38.5. The molecule has 0 unspecified atom stereocenters. The van der Waals surface area contributed by atoms with Gasteiger partial charge in [-0.15, -0.1) is 0 Å². The SMILES string of the molecule is CC(=C\c1ccccc1)/C=C1/SC(=O)N(CC(=O)Nc2ccc(C(C)C)cc2)C1=O. The molecule has 154 valence electrons. The Bertz CT molecular complexity index is 1010. The molecule has 5 nitrogen and oxygen atoms in total. The smallest absolute Gasteiger partial charge is 0.294 e. The Labute approximate surface area is 180 Å². The number of allylic oxidation sites excluding steroid dienone is 2. The van der Waals surface area contributed by atoms with E-state index in [0.717, 1.165) is 27.8 Å². The van der Waals surface area contributed by atoms with Gasteiger partial charge in [-0.1, -0.05) is 62.4 Å². The molecule has 30 heavy (non-hydrogen) atoms. The summed E-state index contributed by atoms with van der Waals surface area (Å²) in [7, 11) is 0. The van der Waals surface area contributed by atoms with Crippen molar-refractivity contribution in [3.8, 4) is 0 Å². The van der Waals surface area contributed by atoms with Gasteiger partial charge in [-0.05, 0) is 59.5 Å². The van der Waals surface area contributed by atoms with Crippen molar-refractivity contribution in [3.05, 3.63) is 82.3 Å². The van der Waals surface area contributed by atoms with Gasteiger partial charge < -0.3 is 5.32 Å². The summed E-state index contributed by atoms with van der Waals surface area (Å²) in [6.45, 7) is 5.75. The number of nitrogens with zero attached hydrogens (tertiary/aromatic N) is 1. The normalized spacial score (nSPS) is 15.9. The Kier molecular flexibility index (Phi) is 6.90. The minimum atomic E-state index is -0.448. The molecule has 1 aliphatic heterocycles. The summed E-state index contributed by atoms with van der Waals surface area (Å²) in [6.07, 6.45) is 3.61. The molecule has 6 heteroatoms. The van der Waals surface area contributed by atoms with Crippen molar-refractivity contribution in [3.63, 3.8) is 0 Å². The van der Waals surface area contributed by atoms with Crippen LogP contribution in [0.3, 0.4) is 0 Å². The van der Waals surface area contributed by atoms with Gasteiger partial charge in [0.25, 0.3) is 11.1 Å². The maximum atomic E-state index is 12.6. The first-order valence-electron chi connectivity index (χ1n) is 9.72. The first kappa shape index (κ1) is 21.6. The lowest BCUT2D eigenvalue weighted by molar-refractivity contribution is -0.127. The number of hydrogen-bond acceptors (Lipinski definition) is 4. The van der Waals surface area contributed by atoms with Crippen LogP contribution in [0, 0.1) is 0 Å². The number of hydrogen-bond donors (Lipinski definition) is 1. The van der Waals surface area contributed by atoms with Gasteiger partial charge >= 0.3 is 0 Å². The van der Waals surface area contributed by atoms with Crippen LogP contribution in [0.2, 0.25) is 0 Å². The molecule has 0 aromatic heterocycles. The molecule has 1 fully saturated rings. The number of carbonyl (C=O) groups excluding carboxylic acids is 3. The minimum absolute atomic E-state index is 0.310. The number of amides is 3. The molecule has 0 saturated carbocycles.